The second-order valence-corrected chi connectivity index (χ2v) is 2.04. The second-order valence-electron chi connectivity index (χ2n) is 2.04. The number of nitriles is 1. The molecule has 0 saturated carbocycles. The number of nitrogens with zero attached hydrogens (tertiary/aromatic N) is 2. The summed E-state index contributed by atoms with van der Waals surface area (Å²) in [7, 11) is 1.92. The van der Waals surface area contributed by atoms with Gasteiger partial charge < -0.3 is 5.73 Å². The molecule has 0 aromatic carbocycles. The molecule has 0 radical (unpaired) electrons. The summed E-state index contributed by atoms with van der Waals surface area (Å²) in [6.07, 6.45) is 0.970. The Labute approximate surface area is 56.1 Å². The van der Waals surface area contributed by atoms with Gasteiger partial charge in [-0.05, 0) is 20.0 Å². The van der Waals surface area contributed by atoms with Gasteiger partial charge in [-0.15, -0.1) is 0 Å². The van der Waals surface area contributed by atoms with Gasteiger partial charge in [0.25, 0.3) is 0 Å². The van der Waals surface area contributed by atoms with Crippen molar-refractivity contribution < 1.29 is 0 Å². The van der Waals surface area contributed by atoms with Crippen LogP contribution >= 0.6 is 0 Å². The topological polar surface area (TPSA) is 53.0 Å². The molecule has 0 atom stereocenters. The first-order valence-electron chi connectivity index (χ1n) is 3.07. The molecule has 0 fully saturated rings. The average Bonchev–Trinajstić information content (AvgIpc) is 1.85. The predicted octanol–water partition coefficient (Wildman–Crippen LogP) is -0.209. The fourth-order valence-corrected chi connectivity index (χ4v) is 0.561. The lowest BCUT2D eigenvalue weighted by atomic mass is 10.4. The van der Waals surface area contributed by atoms with Crippen LogP contribution in [-0.2, 0) is 0 Å². The predicted molar refractivity (Wildman–Crippen MR) is 36.8 cm³/mol. The Hall–Kier alpha value is -0.590. The Morgan fingerprint density at radius 3 is 2.78 bits per heavy atom. The molecule has 0 heterocycles. The average molecular weight is 127 g/mol. The number of nitrogens with two attached hydrogens (primary N) is 1. The van der Waals surface area contributed by atoms with Crippen LogP contribution in [0.5, 0.6) is 0 Å². The molecule has 0 aliphatic heterocycles. The summed E-state index contributed by atoms with van der Waals surface area (Å²) >= 11 is 0. The molecule has 0 bridgehead atoms. The van der Waals surface area contributed by atoms with E-state index in [9.17, 15) is 0 Å². The van der Waals surface area contributed by atoms with Crippen LogP contribution in [-0.4, -0.2) is 31.6 Å². The molecule has 0 amide bonds. The number of hydrogen-bond acceptors (Lipinski definition) is 3. The summed E-state index contributed by atoms with van der Waals surface area (Å²) in [5, 5.41) is 8.21. The van der Waals surface area contributed by atoms with Crippen molar-refractivity contribution in [2.24, 2.45) is 5.73 Å². The Bertz CT molecular complexity index is 95.0. The molecule has 2 N–H and O–H groups in total. The van der Waals surface area contributed by atoms with Gasteiger partial charge in [-0.3, -0.25) is 4.90 Å². The highest BCUT2D eigenvalue weighted by atomic mass is 15.1. The Kier molecular flexibility index (Phi) is 5.18. The first-order chi connectivity index (χ1) is 4.31. The summed E-state index contributed by atoms with van der Waals surface area (Å²) in [6.45, 7) is 2.12. The van der Waals surface area contributed by atoms with Crippen molar-refractivity contribution in [3.63, 3.8) is 0 Å². The Morgan fingerprint density at radius 2 is 2.33 bits per heavy atom. The minimum atomic E-state index is 0.500. The number of hydrogen-bond donors (Lipinski definition) is 1. The van der Waals surface area contributed by atoms with E-state index in [1.165, 1.54) is 0 Å². The molecule has 3 heteroatoms. The third-order valence-electron chi connectivity index (χ3n) is 1.08. The zero-order valence-corrected chi connectivity index (χ0v) is 5.80. The maximum absolute atomic E-state index is 8.21. The zero-order chi connectivity index (χ0) is 7.11. The van der Waals surface area contributed by atoms with E-state index >= 15 is 0 Å². The number of rotatable bonds is 4. The highest BCUT2D eigenvalue weighted by Gasteiger charge is 1.92. The van der Waals surface area contributed by atoms with E-state index in [4.69, 9.17) is 11.0 Å². The van der Waals surface area contributed by atoms with E-state index < -0.39 is 0 Å². The van der Waals surface area contributed by atoms with E-state index in [-0.39, 0.29) is 0 Å². The lowest BCUT2D eigenvalue weighted by molar-refractivity contribution is 0.370. The molecule has 0 aliphatic rings. The zero-order valence-electron chi connectivity index (χ0n) is 5.80. The normalized spacial score (nSPS) is 9.56. The van der Waals surface area contributed by atoms with Gasteiger partial charge in [0.05, 0.1) is 12.6 Å². The largest absolute Gasteiger partial charge is 0.330 e. The fraction of sp³-hybridized carbons (Fsp3) is 0.833. The van der Waals surface area contributed by atoms with Crippen LogP contribution in [0.25, 0.3) is 0 Å². The van der Waals surface area contributed by atoms with Gasteiger partial charge in [-0.2, -0.15) is 5.26 Å². The van der Waals surface area contributed by atoms with Crippen LogP contribution in [0.15, 0.2) is 0 Å². The van der Waals surface area contributed by atoms with Crippen molar-refractivity contribution in [1.29, 1.82) is 5.26 Å². The minimum absolute atomic E-state index is 0.500. The van der Waals surface area contributed by atoms with E-state index in [0.717, 1.165) is 13.0 Å². The summed E-state index contributed by atoms with van der Waals surface area (Å²) in [4.78, 5) is 1.95. The van der Waals surface area contributed by atoms with Crippen molar-refractivity contribution in [1.82, 2.24) is 4.90 Å². The van der Waals surface area contributed by atoms with Gasteiger partial charge in [0.15, 0.2) is 0 Å². The molecule has 0 aromatic rings. The molecular weight excluding hydrogens is 114 g/mol. The summed E-state index contributed by atoms with van der Waals surface area (Å²) < 4.78 is 0. The third-order valence-corrected chi connectivity index (χ3v) is 1.08. The van der Waals surface area contributed by atoms with E-state index in [1.807, 2.05) is 11.9 Å². The Morgan fingerprint density at radius 1 is 1.67 bits per heavy atom. The monoisotopic (exact) mass is 127 g/mol. The maximum Gasteiger partial charge on any atom is 0.0863 e. The van der Waals surface area contributed by atoms with Crippen molar-refractivity contribution in [2.75, 3.05) is 26.7 Å². The van der Waals surface area contributed by atoms with Gasteiger partial charge in [-0.25, -0.2) is 0 Å². The van der Waals surface area contributed by atoms with Gasteiger partial charge >= 0.3 is 0 Å². The van der Waals surface area contributed by atoms with Crippen LogP contribution in [0.2, 0.25) is 0 Å². The molecule has 52 valence electrons. The summed E-state index contributed by atoms with van der Waals surface area (Å²) in [5.74, 6) is 0. The maximum atomic E-state index is 8.21. The molecular formula is C6H13N3. The van der Waals surface area contributed by atoms with Gasteiger partial charge in [0.2, 0.25) is 0 Å². The highest BCUT2D eigenvalue weighted by molar-refractivity contribution is 4.73. The van der Waals surface area contributed by atoms with Crippen molar-refractivity contribution in [3.8, 4) is 6.07 Å². The van der Waals surface area contributed by atoms with E-state index in [0.29, 0.717) is 13.1 Å². The van der Waals surface area contributed by atoms with E-state index in [1.54, 1.807) is 0 Å². The molecule has 3 nitrogen and oxygen atoms in total. The van der Waals surface area contributed by atoms with Crippen LogP contribution in [0, 0.1) is 11.3 Å². The van der Waals surface area contributed by atoms with Crippen LogP contribution in [0.3, 0.4) is 0 Å². The molecule has 0 unspecified atom stereocenters. The Balaban J connectivity index is 3.08. The SMILES string of the molecule is CN(CC#N)CCCN. The van der Waals surface area contributed by atoms with Crippen molar-refractivity contribution >= 4 is 0 Å². The molecule has 0 spiro atoms. The standard InChI is InChI=1S/C6H13N3/c1-9(6-4-8)5-2-3-7/h2-3,5-7H2,1H3. The molecule has 0 aromatic heterocycles. The summed E-state index contributed by atoms with van der Waals surface area (Å²) in [6, 6.07) is 2.06. The van der Waals surface area contributed by atoms with Gasteiger partial charge in [0.1, 0.15) is 0 Å². The lowest BCUT2D eigenvalue weighted by Crippen LogP contribution is -2.21. The molecule has 0 saturated heterocycles. The third kappa shape index (κ3) is 5.28. The molecule has 0 rings (SSSR count). The quantitative estimate of drug-likeness (QED) is 0.532. The first kappa shape index (κ1) is 8.41. The highest BCUT2D eigenvalue weighted by Crippen LogP contribution is 1.82. The summed E-state index contributed by atoms with van der Waals surface area (Å²) in [5.41, 5.74) is 5.26. The van der Waals surface area contributed by atoms with Gasteiger partial charge in [0, 0.05) is 6.54 Å². The fourth-order valence-electron chi connectivity index (χ4n) is 0.561. The van der Waals surface area contributed by atoms with Crippen LogP contribution in [0.1, 0.15) is 6.42 Å². The van der Waals surface area contributed by atoms with E-state index in [2.05, 4.69) is 6.07 Å². The second kappa shape index (κ2) is 5.54. The molecule has 0 aliphatic carbocycles. The first-order valence-corrected chi connectivity index (χ1v) is 3.07. The lowest BCUT2D eigenvalue weighted by Gasteiger charge is -2.09. The van der Waals surface area contributed by atoms with Crippen LogP contribution in [0.4, 0.5) is 0 Å². The molecule has 9 heavy (non-hydrogen) atoms. The van der Waals surface area contributed by atoms with Gasteiger partial charge in [-0.1, -0.05) is 0 Å². The van der Waals surface area contributed by atoms with Crippen molar-refractivity contribution in [2.45, 2.75) is 6.42 Å². The van der Waals surface area contributed by atoms with Crippen LogP contribution < -0.4 is 5.73 Å². The van der Waals surface area contributed by atoms with Crippen molar-refractivity contribution in [3.05, 3.63) is 0 Å². The smallest absolute Gasteiger partial charge is 0.0863 e. The minimum Gasteiger partial charge on any atom is -0.330 e.